The van der Waals surface area contributed by atoms with Gasteiger partial charge >= 0.3 is 0 Å². The Hall–Kier alpha value is 0. The van der Waals surface area contributed by atoms with Gasteiger partial charge in [-0.2, -0.15) is 0 Å². The third-order valence-corrected chi connectivity index (χ3v) is 5.61. The standard InChI is InChI=1S/C20H42.3C2H6/c1-8-17(5)19(7)20(9-2)18(6)15-13-11-10-12-14-16(3)4;3*1-2/h16-20H,8-15H2,1-7H3;3*1-2H3. The summed E-state index contributed by atoms with van der Waals surface area (Å²) in [5.74, 6) is 4.50. The van der Waals surface area contributed by atoms with E-state index in [0.717, 1.165) is 29.6 Å². The molecule has 0 aromatic heterocycles. The number of hydrogen-bond acceptors (Lipinski definition) is 0. The average Bonchev–Trinajstić information content (AvgIpc) is 2.68. The van der Waals surface area contributed by atoms with E-state index in [1.165, 1.54) is 51.4 Å². The van der Waals surface area contributed by atoms with Gasteiger partial charge in [0.2, 0.25) is 0 Å². The first-order chi connectivity index (χ1) is 12.4. The Labute approximate surface area is 171 Å². The van der Waals surface area contributed by atoms with Crippen LogP contribution in [0.25, 0.3) is 0 Å². The third-order valence-electron chi connectivity index (χ3n) is 5.61. The molecular formula is C26H60. The highest BCUT2D eigenvalue weighted by Gasteiger charge is 2.24. The summed E-state index contributed by atoms with van der Waals surface area (Å²) in [4.78, 5) is 0. The Morgan fingerprint density at radius 3 is 1.27 bits per heavy atom. The molecule has 0 aromatic carbocycles. The Kier molecular flexibility index (Phi) is 35.2. The topological polar surface area (TPSA) is 0 Å². The molecule has 0 radical (unpaired) electrons. The summed E-state index contributed by atoms with van der Waals surface area (Å²) < 4.78 is 0. The van der Waals surface area contributed by atoms with Gasteiger partial charge in [-0.25, -0.2) is 0 Å². The Morgan fingerprint density at radius 1 is 0.500 bits per heavy atom. The van der Waals surface area contributed by atoms with Crippen molar-refractivity contribution in [3.8, 4) is 0 Å². The zero-order valence-corrected chi connectivity index (χ0v) is 21.5. The predicted octanol–water partition coefficient (Wildman–Crippen LogP) is 10.4. The molecule has 0 spiro atoms. The molecule has 0 heteroatoms. The minimum Gasteiger partial charge on any atom is -0.0683 e. The fraction of sp³-hybridized carbons (Fsp3) is 1.00. The summed E-state index contributed by atoms with van der Waals surface area (Å²) in [5.41, 5.74) is 0. The van der Waals surface area contributed by atoms with E-state index in [1.54, 1.807) is 0 Å². The fourth-order valence-electron chi connectivity index (χ4n) is 3.67. The number of rotatable bonds is 12. The molecule has 0 fully saturated rings. The van der Waals surface area contributed by atoms with E-state index < -0.39 is 0 Å². The monoisotopic (exact) mass is 372 g/mol. The van der Waals surface area contributed by atoms with Crippen LogP contribution in [0.4, 0.5) is 0 Å². The molecule has 0 amide bonds. The second kappa shape index (κ2) is 27.2. The molecule has 4 atom stereocenters. The van der Waals surface area contributed by atoms with Gasteiger partial charge in [-0.3, -0.25) is 0 Å². The molecule has 164 valence electrons. The van der Waals surface area contributed by atoms with Gasteiger partial charge in [0, 0.05) is 0 Å². The molecule has 26 heavy (non-hydrogen) atoms. The fourth-order valence-corrected chi connectivity index (χ4v) is 3.67. The predicted molar refractivity (Wildman–Crippen MR) is 128 cm³/mol. The van der Waals surface area contributed by atoms with E-state index in [2.05, 4.69) is 48.5 Å². The summed E-state index contributed by atoms with van der Waals surface area (Å²) in [5, 5.41) is 0. The van der Waals surface area contributed by atoms with Crippen LogP contribution in [0.1, 0.15) is 141 Å². The summed E-state index contributed by atoms with van der Waals surface area (Å²) in [6, 6.07) is 0. The minimum absolute atomic E-state index is 0.883. The maximum atomic E-state index is 2.50. The van der Waals surface area contributed by atoms with Crippen LogP contribution in [-0.4, -0.2) is 0 Å². The van der Waals surface area contributed by atoms with Gasteiger partial charge in [-0.05, 0) is 29.6 Å². The van der Waals surface area contributed by atoms with Crippen LogP contribution in [0.2, 0.25) is 0 Å². The lowest BCUT2D eigenvalue weighted by atomic mass is 9.73. The quantitative estimate of drug-likeness (QED) is 0.299. The largest absolute Gasteiger partial charge is 0.0683 e. The SMILES string of the molecule is CC.CC.CC.CCC(C)C(C)C(CC)C(C)CCCCCCC(C)C. The molecule has 0 aliphatic carbocycles. The van der Waals surface area contributed by atoms with Crippen molar-refractivity contribution in [2.24, 2.45) is 29.6 Å². The van der Waals surface area contributed by atoms with Crippen molar-refractivity contribution in [2.45, 2.75) is 141 Å². The first-order valence-electron chi connectivity index (χ1n) is 12.4. The van der Waals surface area contributed by atoms with E-state index in [1.807, 2.05) is 41.5 Å². The highest BCUT2D eigenvalue weighted by molar-refractivity contribution is 4.74. The molecule has 0 heterocycles. The maximum absolute atomic E-state index is 2.50. The average molecular weight is 373 g/mol. The molecule has 0 aliphatic rings. The second-order valence-electron chi connectivity index (χ2n) is 7.68. The third kappa shape index (κ3) is 20.3. The number of hydrogen-bond donors (Lipinski definition) is 0. The van der Waals surface area contributed by atoms with Crippen molar-refractivity contribution in [3.05, 3.63) is 0 Å². The smallest absolute Gasteiger partial charge is 0.0363 e. The Balaban J connectivity index is -0.000000362. The highest BCUT2D eigenvalue weighted by atomic mass is 14.3. The van der Waals surface area contributed by atoms with E-state index in [-0.39, 0.29) is 0 Å². The normalized spacial score (nSPS) is 14.5. The summed E-state index contributed by atoms with van der Waals surface area (Å²) in [7, 11) is 0. The highest BCUT2D eigenvalue weighted by Crippen LogP contribution is 2.33. The zero-order chi connectivity index (χ0) is 21.5. The summed E-state index contributed by atoms with van der Waals surface area (Å²) in [6.45, 7) is 28.8. The van der Waals surface area contributed by atoms with Gasteiger partial charge < -0.3 is 0 Å². The minimum atomic E-state index is 0.883. The van der Waals surface area contributed by atoms with Crippen LogP contribution in [-0.2, 0) is 0 Å². The second-order valence-corrected chi connectivity index (χ2v) is 7.68. The molecule has 0 N–H and O–H groups in total. The van der Waals surface area contributed by atoms with E-state index in [4.69, 9.17) is 0 Å². The summed E-state index contributed by atoms with van der Waals surface area (Å²) in [6.07, 6.45) is 11.3. The van der Waals surface area contributed by atoms with Gasteiger partial charge in [-0.15, -0.1) is 0 Å². The van der Waals surface area contributed by atoms with Crippen molar-refractivity contribution < 1.29 is 0 Å². The molecule has 0 rings (SSSR count). The van der Waals surface area contributed by atoms with Crippen LogP contribution in [0.3, 0.4) is 0 Å². The molecule has 0 nitrogen and oxygen atoms in total. The van der Waals surface area contributed by atoms with Crippen molar-refractivity contribution >= 4 is 0 Å². The van der Waals surface area contributed by atoms with Crippen LogP contribution < -0.4 is 0 Å². The van der Waals surface area contributed by atoms with Crippen LogP contribution in [0.5, 0.6) is 0 Å². The molecule has 0 aliphatic heterocycles. The van der Waals surface area contributed by atoms with Crippen LogP contribution >= 0.6 is 0 Å². The first-order valence-corrected chi connectivity index (χ1v) is 12.4. The number of unbranched alkanes of at least 4 members (excludes halogenated alkanes) is 3. The zero-order valence-electron chi connectivity index (χ0n) is 21.5. The lowest BCUT2D eigenvalue weighted by molar-refractivity contribution is 0.175. The van der Waals surface area contributed by atoms with Gasteiger partial charge in [-0.1, -0.05) is 141 Å². The molecule has 0 saturated carbocycles. The molecule has 4 unspecified atom stereocenters. The molecular weight excluding hydrogens is 312 g/mol. The first kappa shape index (κ1) is 33.6. The lowest BCUT2D eigenvalue weighted by Crippen LogP contribution is -2.24. The van der Waals surface area contributed by atoms with Crippen molar-refractivity contribution in [2.75, 3.05) is 0 Å². The van der Waals surface area contributed by atoms with Gasteiger partial charge in [0.1, 0.15) is 0 Å². The van der Waals surface area contributed by atoms with Gasteiger partial charge in [0.15, 0.2) is 0 Å². The maximum Gasteiger partial charge on any atom is -0.0363 e. The van der Waals surface area contributed by atoms with Gasteiger partial charge in [0.25, 0.3) is 0 Å². The lowest BCUT2D eigenvalue weighted by Gasteiger charge is -2.32. The van der Waals surface area contributed by atoms with Gasteiger partial charge in [0.05, 0.1) is 0 Å². The Morgan fingerprint density at radius 2 is 0.923 bits per heavy atom. The van der Waals surface area contributed by atoms with Crippen molar-refractivity contribution in [1.29, 1.82) is 0 Å². The van der Waals surface area contributed by atoms with Crippen LogP contribution in [0.15, 0.2) is 0 Å². The van der Waals surface area contributed by atoms with Crippen molar-refractivity contribution in [3.63, 3.8) is 0 Å². The van der Waals surface area contributed by atoms with Crippen LogP contribution in [0, 0.1) is 29.6 Å². The van der Waals surface area contributed by atoms with Crippen molar-refractivity contribution in [1.82, 2.24) is 0 Å². The molecule has 0 aromatic rings. The van der Waals surface area contributed by atoms with E-state index >= 15 is 0 Å². The van der Waals surface area contributed by atoms with E-state index in [9.17, 15) is 0 Å². The molecule has 0 saturated heterocycles. The molecule has 0 bridgehead atoms. The van der Waals surface area contributed by atoms with E-state index in [0.29, 0.717) is 0 Å². The summed E-state index contributed by atoms with van der Waals surface area (Å²) >= 11 is 0. The Bertz CT molecular complexity index is 206.